The van der Waals surface area contributed by atoms with Crippen LogP contribution in [0, 0.1) is 0 Å². The maximum atomic E-state index is 12.1. The van der Waals surface area contributed by atoms with E-state index in [4.69, 9.17) is 11.8 Å². The molecule has 0 saturated heterocycles. The lowest BCUT2D eigenvalue weighted by Gasteiger charge is -2.08. The number of amides is 1. The molecular formula is C12H7BrClN5O. The number of halogens is 2. The first-order chi connectivity index (χ1) is 9.65. The molecule has 0 aliphatic carbocycles. The van der Waals surface area contributed by atoms with Gasteiger partial charge in [-0.3, -0.25) is 9.78 Å². The average molecular weight is 353 g/mol. The Labute approximate surface area is 127 Å². The van der Waals surface area contributed by atoms with Crippen molar-refractivity contribution >= 4 is 45.2 Å². The molecule has 8 heteroatoms. The summed E-state index contributed by atoms with van der Waals surface area (Å²) < 4.78 is 3.25. The summed E-state index contributed by atoms with van der Waals surface area (Å²) in [5.74, 6) is -0.326. The van der Waals surface area contributed by atoms with Crippen LogP contribution in [-0.4, -0.2) is 25.5 Å². The van der Waals surface area contributed by atoms with Crippen LogP contribution in [-0.2, 0) is 0 Å². The predicted molar refractivity (Wildman–Crippen MR) is 77.6 cm³/mol. The fourth-order valence-corrected chi connectivity index (χ4v) is 2.12. The molecule has 0 atom stereocenters. The van der Waals surface area contributed by atoms with Crippen LogP contribution in [0.1, 0.15) is 10.4 Å². The zero-order valence-electron chi connectivity index (χ0n) is 9.94. The topological polar surface area (TPSA) is 63.4 Å². The zero-order chi connectivity index (χ0) is 14.1. The maximum Gasteiger partial charge on any atom is 0.277 e. The van der Waals surface area contributed by atoms with Gasteiger partial charge in [-0.15, -0.1) is 5.10 Å². The van der Waals surface area contributed by atoms with Crippen LogP contribution in [0.4, 0.5) is 5.95 Å². The number of nitrogens with zero attached hydrogens (tertiary/aromatic N) is 5. The molecule has 6 nitrogen and oxygen atoms in total. The molecule has 0 radical (unpaired) electrons. The van der Waals surface area contributed by atoms with Crippen molar-refractivity contribution in [2.45, 2.75) is 0 Å². The van der Waals surface area contributed by atoms with Gasteiger partial charge in [0.15, 0.2) is 5.65 Å². The molecule has 0 unspecified atom stereocenters. The highest BCUT2D eigenvalue weighted by molar-refractivity contribution is 9.10. The third-order valence-electron chi connectivity index (χ3n) is 2.55. The van der Waals surface area contributed by atoms with Crippen LogP contribution in [0.3, 0.4) is 0 Å². The van der Waals surface area contributed by atoms with Gasteiger partial charge < -0.3 is 0 Å². The third kappa shape index (κ3) is 2.37. The average Bonchev–Trinajstić information content (AvgIpc) is 2.89. The highest BCUT2D eigenvalue weighted by Crippen LogP contribution is 2.18. The van der Waals surface area contributed by atoms with Crippen molar-refractivity contribution in [3.8, 4) is 0 Å². The Bertz CT molecular complexity index is 776. The summed E-state index contributed by atoms with van der Waals surface area (Å²) in [6, 6.07) is 6.87. The van der Waals surface area contributed by atoms with E-state index in [-0.39, 0.29) is 5.95 Å². The van der Waals surface area contributed by atoms with E-state index < -0.39 is 5.91 Å². The van der Waals surface area contributed by atoms with Gasteiger partial charge in [-0.25, -0.2) is 4.52 Å². The van der Waals surface area contributed by atoms with Gasteiger partial charge in [0.1, 0.15) is 0 Å². The number of hydrogen-bond acceptors (Lipinski definition) is 4. The molecule has 0 spiro atoms. The second kappa shape index (κ2) is 5.18. The van der Waals surface area contributed by atoms with Crippen molar-refractivity contribution in [2.75, 3.05) is 4.42 Å². The lowest BCUT2D eigenvalue weighted by atomic mass is 10.3. The molecule has 0 N–H and O–H groups in total. The molecule has 0 aromatic carbocycles. The molecular weight excluding hydrogens is 346 g/mol. The number of carbonyl (C=O) groups excluding carboxylic acids is 1. The van der Waals surface area contributed by atoms with E-state index in [9.17, 15) is 4.79 Å². The van der Waals surface area contributed by atoms with Crippen molar-refractivity contribution in [1.29, 1.82) is 0 Å². The van der Waals surface area contributed by atoms with Crippen LogP contribution in [0.25, 0.3) is 5.65 Å². The minimum atomic E-state index is -0.435. The number of carbonyl (C=O) groups is 1. The van der Waals surface area contributed by atoms with Gasteiger partial charge in [-0.2, -0.15) is 9.40 Å². The second-order valence-corrected chi connectivity index (χ2v) is 5.14. The van der Waals surface area contributed by atoms with Crippen LogP contribution >= 0.6 is 27.7 Å². The molecule has 3 heterocycles. The van der Waals surface area contributed by atoms with Crippen molar-refractivity contribution in [3.05, 3.63) is 52.9 Å². The largest absolute Gasteiger partial charge is 0.277 e. The monoisotopic (exact) mass is 351 g/mol. The number of rotatable bonds is 2. The van der Waals surface area contributed by atoms with E-state index in [1.165, 1.54) is 10.7 Å². The number of fused-ring (bicyclic) bond motifs is 1. The standard InChI is InChI=1S/C12H7BrClN5O/c13-9-3-4-10-16-12(17-18(10)7-9)19(14)11(20)8-2-1-5-15-6-8/h1-7H. The van der Waals surface area contributed by atoms with Gasteiger partial charge in [0.05, 0.1) is 5.56 Å². The van der Waals surface area contributed by atoms with Crippen molar-refractivity contribution in [2.24, 2.45) is 0 Å². The Hall–Kier alpha value is -1.99. The Morgan fingerprint density at radius 3 is 2.95 bits per heavy atom. The van der Waals surface area contributed by atoms with E-state index in [0.29, 0.717) is 11.2 Å². The minimum Gasteiger partial charge on any atom is -0.267 e. The van der Waals surface area contributed by atoms with Crippen molar-refractivity contribution in [3.63, 3.8) is 0 Å². The smallest absolute Gasteiger partial charge is 0.267 e. The summed E-state index contributed by atoms with van der Waals surface area (Å²) in [7, 11) is 0. The van der Waals surface area contributed by atoms with E-state index in [1.807, 2.05) is 6.07 Å². The van der Waals surface area contributed by atoms with Crippen LogP contribution < -0.4 is 4.42 Å². The summed E-state index contributed by atoms with van der Waals surface area (Å²) in [5, 5.41) is 4.15. The Morgan fingerprint density at radius 1 is 1.35 bits per heavy atom. The Balaban J connectivity index is 1.96. The van der Waals surface area contributed by atoms with Crippen molar-refractivity contribution < 1.29 is 4.79 Å². The molecule has 0 aliphatic heterocycles. The zero-order valence-corrected chi connectivity index (χ0v) is 12.3. The quantitative estimate of drug-likeness (QED) is 0.665. The molecule has 0 saturated carbocycles. The SMILES string of the molecule is O=C(c1cccnc1)N(Cl)c1nc2ccc(Br)cn2n1. The summed E-state index contributed by atoms with van der Waals surface area (Å²) in [5.41, 5.74) is 0.954. The molecule has 0 bridgehead atoms. The highest BCUT2D eigenvalue weighted by Gasteiger charge is 2.20. The van der Waals surface area contributed by atoms with E-state index >= 15 is 0 Å². The van der Waals surface area contributed by atoms with Gasteiger partial charge in [0.25, 0.3) is 11.9 Å². The van der Waals surface area contributed by atoms with Crippen molar-refractivity contribution in [1.82, 2.24) is 19.6 Å². The van der Waals surface area contributed by atoms with Gasteiger partial charge in [-0.05, 0) is 40.2 Å². The van der Waals surface area contributed by atoms with Gasteiger partial charge in [0, 0.05) is 34.8 Å². The van der Waals surface area contributed by atoms with E-state index in [0.717, 1.165) is 8.89 Å². The van der Waals surface area contributed by atoms with E-state index in [1.54, 1.807) is 30.6 Å². The lowest BCUT2D eigenvalue weighted by molar-refractivity contribution is 0.100. The first kappa shape index (κ1) is 13.0. The number of hydrogen-bond donors (Lipinski definition) is 0. The number of aromatic nitrogens is 4. The molecule has 0 aliphatic rings. The third-order valence-corrected chi connectivity index (χ3v) is 3.32. The minimum absolute atomic E-state index is 0.110. The van der Waals surface area contributed by atoms with Gasteiger partial charge in [0.2, 0.25) is 0 Å². The first-order valence-corrected chi connectivity index (χ1v) is 6.70. The summed E-state index contributed by atoms with van der Waals surface area (Å²) in [6.07, 6.45) is 4.74. The number of anilines is 1. The maximum absolute atomic E-state index is 12.1. The van der Waals surface area contributed by atoms with Gasteiger partial charge in [-0.1, -0.05) is 0 Å². The van der Waals surface area contributed by atoms with E-state index in [2.05, 4.69) is 31.0 Å². The fourth-order valence-electron chi connectivity index (χ4n) is 1.62. The number of pyridine rings is 2. The molecule has 3 aromatic rings. The molecule has 0 fully saturated rings. The predicted octanol–water partition coefficient (Wildman–Crippen LogP) is 2.69. The van der Waals surface area contributed by atoms with Crippen LogP contribution in [0.5, 0.6) is 0 Å². The lowest BCUT2D eigenvalue weighted by Crippen LogP contribution is -2.22. The molecule has 3 aromatic heterocycles. The molecule has 1 amide bonds. The highest BCUT2D eigenvalue weighted by atomic mass is 79.9. The van der Waals surface area contributed by atoms with Gasteiger partial charge >= 0.3 is 0 Å². The normalized spacial score (nSPS) is 10.7. The first-order valence-electron chi connectivity index (χ1n) is 5.57. The Morgan fingerprint density at radius 2 is 2.20 bits per heavy atom. The summed E-state index contributed by atoms with van der Waals surface area (Å²) in [6.45, 7) is 0. The molecule has 20 heavy (non-hydrogen) atoms. The Kier molecular flexibility index (Phi) is 3.37. The molecule has 3 rings (SSSR count). The second-order valence-electron chi connectivity index (χ2n) is 3.89. The fraction of sp³-hybridized carbons (Fsp3) is 0. The summed E-state index contributed by atoms with van der Waals surface area (Å²) >= 11 is 9.34. The molecule has 100 valence electrons. The van der Waals surface area contributed by atoms with Crippen LogP contribution in [0.2, 0.25) is 0 Å². The van der Waals surface area contributed by atoms with Crippen LogP contribution in [0.15, 0.2) is 47.3 Å². The summed E-state index contributed by atoms with van der Waals surface area (Å²) in [4.78, 5) is 20.2.